The largest absolute Gasteiger partial charge is 0.508 e. The van der Waals surface area contributed by atoms with Crippen molar-refractivity contribution < 1.29 is 14.3 Å². The first-order chi connectivity index (χ1) is 13.1. The van der Waals surface area contributed by atoms with Crippen LogP contribution in [0.1, 0.15) is 91.9 Å². The van der Waals surface area contributed by atoms with E-state index >= 15 is 0 Å². The normalized spacial score (nSPS) is 13.2. The lowest BCUT2D eigenvalue weighted by molar-refractivity contribution is 0.0140. The van der Waals surface area contributed by atoms with Crippen molar-refractivity contribution in [2.24, 2.45) is 5.92 Å². The molecule has 0 aromatic rings. The molecule has 0 spiro atoms. The van der Waals surface area contributed by atoms with Crippen LogP contribution in [-0.4, -0.2) is 18.9 Å². The number of carbonyl (C=O) groups excluding carboxylic acids is 1. The van der Waals surface area contributed by atoms with Gasteiger partial charge in [-0.05, 0) is 51.4 Å². The number of allylic oxidation sites excluding steroid dienone is 6. The number of rotatable bonds is 16. The van der Waals surface area contributed by atoms with Crippen LogP contribution in [-0.2, 0) is 9.47 Å². The molecule has 0 radical (unpaired) electrons. The van der Waals surface area contributed by atoms with Crippen LogP contribution in [0.4, 0.5) is 4.79 Å². The smallest absolute Gasteiger partial charge is 0.434 e. The van der Waals surface area contributed by atoms with Gasteiger partial charge < -0.3 is 9.47 Å². The second kappa shape index (κ2) is 19.3. The molecule has 1 unspecified atom stereocenters. The molecule has 1 atom stereocenters. The standard InChI is InChI=1S/C24H42O3/c1-5-6-7-8-9-10-11-12-13-14-15-16-17-18-19-20-21-26-24(25)27-23(4)22(2)3/h6-7,9-10,12-13,22-23H,5,8,11,14-21H2,1-4H3/b7-6-,10-9-,13-12-. The Morgan fingerprint density at radius 3 is 1.96 bits per heavy atom. The van der Waals surface area contributed by atoms with Crippen LogP contribution in [0.2, 0.25) is 0 Å². The minimum Gasteiger partial charge on any atom is -0.434 e. The Bertz CT molecular complexity index is 421. The molecular weight excluding hydrogens is 336 g/mol. The number of carbonyl (C=O) groups is 1. The molecular formula is C24H42O3. The van der Waals surface area contributed by atoms with Gasteiger partial charge in [0.25, 0.3) is 0 Å². The molecule has 3 nitrogen and oxygen atoms in total. The van der Waals surface area contributed by atoms with E-state index in [4.69, 9.17) is 9.47 Å². The fraction of sp³-hybridized carbons (Fsp3) is 0.708. The maximum Gasteiger partial charge on any atom is 0.508 e. The van der Waals surface area contributed by atoms with Crippen molar-refractivity contribution in [3.05, 3.63) is 36.5 Å². The van der Waals surface area contributed by atoms with Crippen LogP contribution in [0.3, 0.4) is 0 Å². The summed E-state index contributed by atoms with van der Waals surface area (Å²) in [5.41, 5.74) is 0. The van der Waals surface area contributed by atoms with E-state index in [0.29, 0.717) is 12.5 Å². The highest BCUT2D eigenvalue weighted by Gasteiger charge is 2.13. The third-order valence-corrected chi connectivity index (χ3v) is 4.49. The molecule has 0 aliphatic rings. The highest BCUT2D eigenvalue weighted by molar-refractivity contribution is 5.60. The minimum atomic E-state index is -0.532. The summed E-state index contributed by atoms with van der Waals surface area (Å²) >= 11 is 0. The van der Waals surface area contributed by atoms with Crippen molar-refractivity contribution >= 4 is 6.16 Å². The van der Waals surface area contributed by atoms with Crippen LogP contribution < -0.4 is 0 Å². The van der Waals surface area contributed by atoms with Crippen molar-refractivity contribution in [2.75, 3.05) is 6.61 Å². The maximum atomic E-state index is 11.5. The van der Waals surface area contributed by atoms with Gasteiger partial charge in [-0.15, -0.1) is 0 Å². The highest BCUT2D eigenvalue weighted by Crippen LogP contribution is 2.09. The van der Waals surface area contributed by atoms with Crippen LogP contribution >= 0.6 is 0 Å². The molecule has 0 amide bonds. The predicted octanol–water partition coefficient (Wildman–Crippen LogP) is 7.77. The molecule has 0 aromatic heterocycles. The summed E-state index contributed by atoms with van der Waals surface area (Å²) in [6, 6.07) is 0. The van der Waals surface area contributed by atoms with E-state index < -0.39 is 6.16 Å². The van der Waals surface area contributed by atoms with Crippen molar-refractivity contribution in [2.45, 2.75) is 98.0 Å². The number of unbranched alkanes of at least 4 members (excludes halogenated alkanes) is 6. The third kappa shape index (κ3) is 19.1. The Morgan fingerprint density at radius 2 is 1.33 bits per heavy atom. The van der Waals surface area contributed by atoms with E-state index in [1.807, 2.05) is 20.8 Å². The number of hydrogen-bond donors (Lipinski definition) is 0. The summed E-state index contributed by atoms with van der Waals surface area (Å²) in [5.74, 6) is 0.317. The molecule has 27 heavy (non-hydrogen) atoms. The Balaban J connectivity index is 3.34. The molecule has 0 N–H and O–H groups in total. The van der Waals surface area contributed by atoms with Gasteiger partial charge in [0.15, 0.2) is 0 Å². The van der Waals surface area contributed by atoms with E-state index in [9.17, 15) is 4.79 Å². The van der Waals surface area contributed by atoms with Gasteiger partial charge in [0.05, 0.1) is 6.61 Å². The molecule has 0 rings (SSSR count). The zero-order valence-corrected chi connectivity index (χ0v) is 18.1. The lowest BCUT2D eigenvalue weighted by atomic mass is 10.1. The molecule has 3 heteroatoms. The van der Waals surface area contributed by atoms with Crippen LogP contribution in [0.5, 0.6) is 0 Å². The van der Waals surface area contributed by atoms with Crippen molar-refractivity contribution in [1.29, 1.82) is 0 Å². The summed E-state index contributed by atoms with van der Waals surface area (Å²) in [6.45, 7) is 8.57. The van der Waals surface area contributed by atoms with Crippen molar-refractivity contribution in [3.8, 4) is 0 Å². The first-order valence-corrected chi connectivity index (χ1v) is 10.9. The molecule has 0 aliphatic heterocycles. The van der Waals surface area contributed by atoms with E-state index in [0.717, 1.165) is 32.1 Å². The molecule has 0 fully saturated rings. The summed E-state index contributed by atoms with van der Waals surface area (Å²) in [6.07, 6.45) is 24.2. The monoisotopic (exact) mass is 378 g/mol. The summed E-state index contributed by atoms with van der Waals surface area (Å²) in [7, 11) is 0. The Kier molecular flexibility index (Phi) is 18.2. The molecule has 0 heterocycles. The molecule has 0 saturated heterocycles. The first-order valence-electron chi connectivity index (χ1n) is 10.9. The van der Waals surface area contributed by atoms with Crippen LogP contribution in [0, 0.1) is 5.92 Å². The van der Waals surface area contributed by atoms with Crippen molar-refractivity contribution in [1.82, 2.24) is 0 Å². The van der Waals surface area contributed by atoms with Gasteiger partial charge >= 0.3 is 6.16 Å². The molecule has 0 aliphatic carbocycles. The average molecular weight is 379 g/mol. The topological polar surface area (TPSA) is 35.5 Å². The molecule has 156 valence electrons. The third-order valence-electron chi connectivity index (χ3n) is 4.49. The van der Waals surface area contributed by atoms with E-state index in [1.165, 1.54) is 32.1 Å². The van der Waals surface area contributed by atoms with Gasteiger partial charge in [0, 0.05) is 0 Å². The molecule has 0 saturated carbocycles. The zero-order valence-electron chi connectivity index (χ0n) is 18.1. The van der Waals surface area contributed by atoms with Crippen molar-refractivity contribution in [3.63, 3.8) is 0 Å². The second-order valence-corrected chi connectivity index (χ2v) is 7.37. The first kappa shape index (κ1) is 25.5. The van der Waals surface area contributed by atoms with E-state index in [1.54, 1.807) is 0 Å². The van der Waals surface area contributed by atoms with Gasteiger partial charge in [0.1, 0.15) is 6.10 Å². The lowest BCUT2D eigenvalue weighted by Gasteiger charge is -2.16. The van der Waals surface area contributed by atoms with Gasteiger partial charge in [0.2, 0.25) is 0 Å². The molecule has 0 aromatic carbocycles. The second-order valence-electron chi connectivity index (χ2n) is 7.37. The zero-order chi connectivity index (χ0) is 20.2. The van der Waals surface area contributed by atoms with Gasteiger partial charge in [-0.25, -0.2) is 4.79 Å². The summed E-state index contributed by atoms with van der Waals surface area (Å²) in [4.78, 5) is 11.5. The minimum absolute atomic E-state index is 0.0921. The SMILES string of the molecule is CC/C=C\C/C=C\C/C=C\CCCCCCCCOC(=O)OC(C)C(C)C. The summed E-state index contributed by atoms with van der Waals surface area (Å²) < 4.78 is 10.3. The lowest BCUT2D eigenvalue weighted by Crippen LogP contribution is -2.21. The Hall–Kier alpha value is -1.51. The molecule has 0 bridgehead atoms. The fourth-order valence-electron chi connectivity index (χ4n) is 2.38. The van der Waals surface area contributed by atoms with Gasteiger partial charge in [-0.1, -0.05) is 82.9 Å². The average Bonchev–Trinajstić information content (AvgIpc) is 2.64. The van der Waals surface area contributed by atoms with Crippen LogP contribution in [0.25, 0.3) is 0 Å². The Morgan fingerprint density at radius 1 is 0.778 bits per heavy atom. The van der Waals surface area contributed by atoms with E-state index in [2.05, 4.69) is 43.4 Å². The predicted molar refractivity (Wildman–Crippen MR) is 116 cm³/mol. The number of ether oxygens (including phenoxy) is 2. The van der Waals surface area contributed by atoms with Crippen LogP contribution in [0.15, 0.2) is 36.5 Å². The van der Waals surface area contributed by atoms with Gasteiger partial charge in [-0.3, -0.25) is 0 Å². The quantitative estimate of drug-likeness (QED) is 0.156. The number of hydrogen-bond acceptors (Lipinski definition) is 3. The fourth-order valence-corrected chi connectivity index (χ4v) is 2.38. The maximum absolute atomic E-state index is 11.5. The Labute approximate surface area is 167 Å². The summed E-state index contributed by atoms with van der Waals surface area (Å²) in [5, 5.41) is 0. The highest BCUT2D eigenvalue weighted by atomic mass is 16.7. The van der Waals surface area contributed by atoms with E-state index in [-0.39, 0.29) is 6.10 Å². The van der Waals surface area contributed by atoms with Gasteiger partial charge in [-0.2, -0.15) is 0 Å².